The monoisotopic (exact) mass is 342 g/mol. The van der Waals surface area contributed by atoms with Gasteiger partial charge in [0.1, 0.15) is 0 Å². The van der Waals surface area contributed by atoms with E-state index in [2.05, 4.69) is 10.6 Å². The second-order valence-corrected chi connectivity index (χ2v) is 6.27. The zero-order valence-electron chi connectivity index (χ0n) is 15.3. The largest absolute Gasteiger partial charge is 0.382 e. The minimum atomic E-state index is 0.0726. The van der Waals surface area contributed by atoms with E-state index in [4.69, 9.17) is 9.47 Å². The SMILES string of the molecule is CCOCCCC(=O)NC[C@@H]1CCC[C@@H]1NC(=O)CCCOCC. The standard InChI is InChI=1S/C18H34N2O4/c1-3-23-12-6-10-17(21)19-14-15-8-5-9-16(15)20-18(22)11-7-13-24-4-2/h15-16H,3-14H2,1-2H3,(H,19,21)(H,20,22)/t15-,16-/m0/s1. The Hall–Kier alpha value is -1.14. The topological polar surface area (TPSA) is 76.7 Å². The second kappa shape index (κ2) is 13.2. The first-order valence-electron chi connectivity index (χ1n) is 9.38. The molecule has 0 aromatic rings. The average Bonchev–Trinajstić information content (AvgIpc) is 3.01. The van der Waals surface area contributed by atoms with Gasteiger partial charge in [0.2, 0.25) is 11.8 Å². The molecule has 0 saturated heterocycles. The quantitative estimate of drug-likeness (QED) is 0.502. The van der Waals surface area contributed by atoms with E-state index in [0.29, 0.717) is 51.7 Å². The van der Waals surface area contributed by atoms with Crippen molar-refractivity contribution in [2.75, 3.05) is 33.0 Å². The first kappa shape index (κ1) is 20.9. The third kappa shape index (κ3) is 9.23. The molecule has 0 spiro atoms. The van der Waals surface area contributed by atoms with Crippen molar-refractivity contribution < 1.29 is 19.1 Å². The van der Waals surface area contributed by atoms with E-state index >= 15 is 0 Å². The number of ether oxygens (including phenoxy) is 2. The number of nitrogens with one attached hydrogen (secondary N) is 2. The molecular weight excluding hydrogens is 308 g/mol. The molecule has 0 bridgehead atoms. The number of rotatable bonds is 13. The van der Waals surface area contributed by atoms with Crippen LogP contribution in [0.3, 0.4) is 0 Å². The molecule has 1 aliphatic carbocycles. The maximum absolute atomic E-state index is 12.0. The zero-order valence-corrected chi connectivity index (χ0v) is 15.3. The van der Waals surface area contributed by atoms with Gasteiger partial charge in [-0.3, -0.25) is 9.59 Å². The Kier molecular flexibility index (Phi) is 11.5. The summed E-state index contributed by atoms with van der Waals surface area (Å²) in [5, 5.41) is 6.12. The molecule has 6 heteroatoms. The first-order valence-corrected chi connectivity index (χ1v) is 9.38. The third-order valence-electron chi connectivity index (χ3n) is 4.36. The maximum atomic E-state index is 12.0. The van der Waals surface area contributed by atoms with Crippen molar-refractivity contribution >= 4 is 11.8 Å². The zero-order chi connectivity index (χ0) is 17.6. The van der Waals surface area contributed by atoms with Gasteiger partial charge in [-0.15, -0.1) is 0 Å². The number of carbonyl (C=O) groups is 2. The second-order valence-electron chi connectivity index (χ2n) is 6.27. The van der Waals surface area contributed by atoms with Crippen LogP contribution >= 0.6 is 0 Å². The highest BCUT2D eigenvalue weighted by molar-refractivity contribution is 5.76. The van der Waals surface area contributed by atoms with Gasteiger partial charge in [-0.2, -0.15) is 0 Å². The fraction of sp³-hybridized carbons (Fsp3) is 0.889. The highest BCUT2D eigenvalue weighted by atomic mass is 16.5. The van der Waals surface area contributed by atoms with Crippen LogP contribution in [0.4, 0.5) is 0 Å². The van der Waals surface area contributed by atoms with E-state index in [1.165, 1.54) is 0 Å². The molecule has 1 aliphatic rings. The molecule has 0 aliphatic heterocycles. The summed E-state index contributed by atoms with van der Waals surface area (Å²) in [5.41, 5.74) is 0. The molecule has 0 radical (unpaired) electrons. The fourth-order valence-electron chi connectivity index (χ4n) is 3.04. The lowest BCUT2D eigenvalue weighted by molar-refractivity contribution is -0.122. The molecule has 24 heavy (non-hydrogen) atoms. The van der Waals surface area contributed by atoms with Crippen LogP contribution in [0.5, 0.6) is 0 Å². The number of amides is 2. The molecule has 2 atom stereocenters. The Balaban J connectivity index is 2.17. The summed E-state index contributed by atoms with van der Waals surface area (Å²) >= 11 is 0. The van der Waals surface area contributed by atoms with E-state index in [9.17, 15) is 9.59 Å². The summed E-state index contributed by atoms with van der Waals surface area (Å²) in [6.07, 6.45) is 5.69. The van der Waals surface area contributed by atoms with Gasteiger partial charge in [-0.25, -0.2) is 0 Å². The van der Waals surface area contributed by atoms with Crippen molar-refractivity contribution in [3.8, 4) is 0 Å². The Morgan fingerprint density at radius 1 is 0.958 bits per heavy atom. The number of hydrogen-bond donors (Lipinski definition) is 2. The lowest BCUT2D eigenvalue weighted by atomic mass is 10.0. The van der Waals surface area contributed by atoms with Crippen molar-refractivity contribution in [1.82, 2.24) is 10.6 Å². The lowest BCUT2D eigenvalue weighted by Gasteiger charge is -2.21. The van der Waals surface area contributed by atoms with Crippen LogP contribution < -0.4 is 10.6 Å². The molecule has 0 aromatic heterocycles. The van der Waals surface area contributed by atoms with Gasteiger partial charge in [-0.05, 0) is 45.4 Å². The van der Waals surface area contributed by atoms with E-state index in [1.54, 1.807) is 0 Å². The Bertz CT molecular complexity index is 363. The highest BCUT2D eigenvalue weighted by Crippen LogP contribution is 2.25. The summed E-state index contributed by atoms with van der Waals surface area (Å²) in [6, 6.07) is 0.188. The normalized spacial score (nSPS) is 20.1. The van der Waals surface area contributed by atoms with Gasteiger partial charge in [0.25, 0.3) is 0 Å². The summed E-state index contributed by atoms with van der Waals surface area (Å²) < 4.78 is 10.5. The lowest BCUT2D eigenvalue weighted by Crippen LogP contribution is -2.42. The van der Waals surface area contributed by atoms with Crippen molar-refractivity contribution in [3.63, 3.8) is 0 Å². The van der Waals surface area contributed by atoms with Gasteiger partial charge in [-0.1, -0.05) is 6.42 Å². The van der Waals surface area contributed by atoms with Crippen molar-refractivity contribution in [2.45, 2.75) is 64.8 Å². The Labute approximate surface area is 146 Å². The molecule has 140 valence electrons. The van der Waals surface area contributed by atoms with Crippen LogP contribution in [0.2, 0.25) is 0 Å². The van der Waals surface area contributed by atoms with E-state index in [-0.39, 0.29) is 17.9 Å². The fourth-order valence-corrected chi connectivity index (χ4v) is 3.04. The Morgan fingerprint density at radius 2 is 1.58 bits per heavy atom. The van der Waals surface area contributed by atoms with Gasteiger partial charge in [0, 0.05) is 51.9 Å². The summed E-state index contributed by atoms with van der Waals surface area (Å²) in [4.78, 5) is 23.8. The molecule has 2 N–H and O–H groups in total. The molecule has 0 aromatic carbocycles. The molecule has 1 saturated carbocycles. The van der Waals surface area contributed by atoms with Crippen molar-refractivity contribution in [1.29, 1.82) is 0 Å². The third-order valence-corrected chi connectivity index (χ3v) is 4.36. The predicted molar refractivity (Wildman–Crippen MR) is 93.7 cm³/mol. The first-order chi connectivity index (χ1) is 11.7. The van der Waals surface area contributed by atoms with Crippen molar-refractivity contribution in [2.24, 2.45) is 5.92 Å². The molecule has 6 nitrogen and oxygen atoms in total. The summed E-state index contributed by atoms with van der Waals surface area (Å²) in [5.74, 6) is 0.509. The smallest absolute Gasteiger partial charge is 0.220 e. The molecule has 0 heterocycles. The van der Waals surface area contributed by atoms with Crippen LogP contribution in [0.25, 0.3) is 0 Å². The predicted octanol–water partition coefficient (Wildman–Crippen LogP) is 2.02. The van der Waals surface area contributed by atoms with Crippen LogP contribution in [-0.2, 0) is 19.1 Å². The Morgan fingerprint density at radius 3 is 2.21 bits per heavy atom. The minimum Gasteiger partial charge on any atom is -0.382 e. The van der Waals surface area contributed by atoms with Crippen LogP contribution in [0.1, 0.15) is 58.8 Å². The van der Waals surface area contributed by atoms with Crippen molar-refractivity contribution in [3.05, 3.63) is 0 Å². The number of carbonyl (C=O) groups excluding carboxylic acids is 2. The van der Waals surface area contributed by atoms with Crippen LogP contribution in [0.15, 0.2) is 0 Å². The van der Waals surface area contributed by atoms with E-state index in [0.717, 1.165) is 32.1 Å². The molecule has 1 rings (SSSR count). The van der Waals surface area contributed by atoms with Crippen LogP contribution in [-0.4, -0.2) is 50.8 Å². The van der Waals surface area contributed by atoms with Gasteiger partial charge in [0.05, 0.1) is 0 Å². The molecule has 2 amide bonds. The van der Waals surface area contributed by atoms with Crippen LogP contribution in [0, 0.1) is 5.92 Å². The summed E-state index contributed by atoms with van der Waals surface area (Å²) in [6.45, 7) is 7.20. The minimum absolute atomic E-state index is 0.0726. The maximum Gasteiger partial charge on any atom is 0.220 e. The van der Waals surface area contributed by atoms with Gasteiger partial charge in [0.15, 0.2) is 0 Å². The van der Waals surface area contributed by atoms with Gasteiger partial charge >= 0.3 is 0 Å². The van der Waals surface area contributed by atoms with E-state index in [1.807, 2.05) is 13.8 Å². The highest BCUT2D eigenvalue weighted by Gasteiger charge is 2.28. The molecule has 1 fully saturated rings. The molecular formula is C18H34N2O4. The number of hydrogen-bond acceptors (Lipinski definition) is 4. The summed E-state index contributed by atoms with van der Waals surface area (Å²) in [7, 11) is 0. The average molecular weight is 342 g/mol. The molecule has 0 unspecified atom stereocenters. The van der Waals surface area contributed by atoms with E-state index < -0.39 is 0 Å². The van der Waals surface area contributed by atoms with Gasteiger partial charge < -0.3 is 20.1 Å².